The molecule has 13 heavy (non-hydrogen) atoms. The molecule has 0 bridgehead atoms. The molecule has 0 aromatic carbocycles. The molecule has 0 fully saturated rings. The monoisotopic (exact) mass is 180 g/mol. The van der Waals surface area contributed by atoms with Crippen LogP contribution in [-0.4, -0.2) is 23.8 Å². The zero-order valence-corrected chi connectivity index (χ0v) is 7.40. The Balaban J connectivity index is 2.97. The molecule has 1 aromatic heterocycles. The molecule has 0 aliphatic rings. The van der Waals surface area contributed by atoms with Crippen LogP contribution >= 0.6 is 0 Å². The summed E-state index contributed by atoms with van der Waals surface area (Å²) in [7, 11) is 1.54. The molecular weight excluding hydrogens is 168 g/mol. The fourth-order valence-electron chi connectivity index (χ4n) is 0.878. The molecule has 0 radical (unpaired) electrons. The third-order valence-corrected chi connectivity index (χ3v) is 1.52. The van der Waals surface area contributed by atoms with E-state index in [0.29, 0.717) is 17.3 Å². The number of methoxy groups -OCH3 is 1. The average Bonchev–Trinajstić information content (AvgIpc) is 2.17. The molecule has 1 aromatic rings. The lowest BCUT2D eigenvalue weighted by Gasteiger charge is -2.02. The SMILES string of the molecule is COc1ccc(N)c(C=CCO)n1. The van der Waals surface area contributed by atoms with Crippen LogP contribution in [0.5, 0.6) is 5.88 Å². The number of anilines is 1. The minimum absolute atomic E-state index is 0.0294. The highest BCUT2D eigenvalue weighted by atomic mass is 16.5. The second-order valence-corrected chi connectivity index (χ2v) is 2.41. The van der Waals surface area contributed by atoms with Crippen molar-refractivity contribution < 1.29 is 9.84 Å². The average molecular weight is 180 g/mol. The van der Waals surface area contributed by atoms with E-state index in [0.717, 1.165) is 0 Å². The summed E-state index contributed by atoms with van der Waals surface area (Å²) >= 11 is 0. The third-order valence-electron chi connectivity index (χ3n) is 1.52. The highest BCUT2D eigenvalue weighted by Gasteiger charge is 1.98. The van der Waals surface area contributed by atoms with Gasteiger partial charge in [-0.05, 0) is 12.1 Å². The number of hydrogen-bond acceptors (Lipinski definition) is 4. The molecule has 1 heterocycles. The second kappa shape index (κ2) is 4.47. The van der Waals surface area contributed by atoms with Gasteiger partial charge in [0.1, 0.15) is 0 Å². The first-order valence-corrected chi connectivity index (χ1v) is 3.86. The summed E-state index contributed by atoms with van der Waals surface area (Å²) in [6, 6.07) is 3.40. The summed E-state index contributed by atoms with van der Waals surface area (Å²) < 4.78 is 4.93. The van der Waals surface area contributed by atoms with Crippen molar-refractivity contribution >= 4 is 11.8 Å². The molecule has 0 spiro atoms. The fourth-order valence-corrected chi connectivity index (χ4v) is 0.878. The molecule has 4 nitrogen and oxygen atoms in total. The summed E-state index contributed by atoms with van der Waals surface area (Å²) in [5.41, 5.74) is 6.80. The third kappa shape index (κ3) is 2.45. The number of nitrogens with zero attached hydrogens (tertiary/aromatic N) is 1. The first-order valence-electron chi connectivity index (χ1n) is 3.86. The number of aliphatic hydroxyl groups excluding tert-OH is 1. The molecule has 1 rings (SSSR count). The van der Waals surface area contributed by atoms with E-state index >= 15 is 0 Å². The van der Waals surface area contributed by atoms with Gasteiger partial charge in [0.25, 0.3) is 0 Å². The summed E-state index contributed by atoms with van der Waals surface area (Å²) in [6.45, 7) is -0.0294. The first kappa shape index (κ1) is 9.54. The highest BCUT2D eigenvalue weighted by Crippen LogP contribution is 2.15. The predicted molar refractivity (Wildman–Crippen MR) is 51.3 cm³/mol. The van der Waals surface area contributed by atoms with Crippen LogP contribution in [0.1, 0.15) is 5.69 Å². The van der Waals surface area contributed by atoms with Gasteiger partial charge in [-0.15, -0.1) is 0 Å². The van der Waals surface area contributed by atoms with Crippen LogP contribution < -0.4 is 10.5 Å². The summed E-state index contributed by atoms with van der Waals surface area (Å²) in [5.74, 6) is 0.506. The van der Waals surface area contributed by atoms with Crippen molar-refractivity contribution in [1.29, 1.82) is 0 Å². The second-order valence-electron chi connectivity index (χ2n) is 2.41. The van der Waals surface area contributed by atoms with Gasteiger partial charge in [0.05, 0.1) is 25.1 Å². The van der Waals surface area contributed by atoms with Crippen LogP contribution in [0.15, 0.2) is 18.2 Å². The van der Waals surface area contributed by atoms with Crippen LogP contribution in [0.2, 0.25) is 0 Å². The van der Waals surface area contributed by atoms with Crippen molar-refractivity contribution in [3.63, 3.8) is 0 Å². The highest BCUT2D eigenvalue weighted by molar-refractivity contribution is 5.61. The zero-order chi connectivity index (χ0) is 9.68. The summed E-state index contributed by atoms with van der Waals surface area (Å²) in [4.78, 5) is 4.08. The van der Waals surface area contributed by atoms with Crippen LogP contribution in [0.25, 0.3) is 6.08 Å². The topological polar surface area (TPSA) is 68.4 Å². The maximum atomic E-state index is 8.56. The van der Waals surface area contributed by atoms with Gasteiger partial charge in [-0.2, -0.15) is 0 Å². The normalized spacial score (nSPS) is 10.6. The van der Waals surface area contributed by atoms with Gasteiger partial charge in [0.2, 0.25) is 5.88 Å². The van der Waals surface area contributed by atoms with Crippen LogP contribution in [0.4, 0.5) is 5.69 Å². The predicted octanol–water partition coefficient (Wildman–Crippen LogP) is 0.678. The summed E-state index contributed by atoms with van der Waals surface area (Å²) in [5, 5.41) is 8.56. The first-order chi connectivity index (χ1) is 6.27. The maximum Gasteiger partial charge on any atom is 0.213 e. The van der Waals surface area contributed by atoms with Gasteiger partial charge in [0, 0.05) is 6.07 Å². The Morgan fingerprint density at radius 1 is 1.62 bits per heavy atom. The molecular formula is C9H12N2O2. The Hall–Kier alpha value is -1.55. The Labute approximate surface area is 76.7 Å². The number of hydrogen-bond donors (Lipinski definition) is 2. The molecule has 0 amide bonds. The van der Waals surface area contributed by atoms with Crippen molar-refractivity contribution in [3.05, 3.63) is 23.9 Å². The Bertz CT molecular complexity index is 310. The van der Waals surface area contributed by atoms with Crippen LogP contribution in [0, 0.1) is 0 Å². The van der Waals surface area contributed by atoms with Gasteiger partial charge >= 0.3 is 0 Å². The molecule has 0 aliphatic heterocycles. The number of pyridine rings is 1. The van der Waals surface area contributed by atoms with Gasteiger partial charge < -0.3 is 15.6 Å². The van der Waals surface area contributed by atoms with E-state index in [2.05, 4.69) is 4.98 Å². The van der Waals surface area contributed by atoms with Crippen molar-refractivity contribution in [3.8, 4) is 5.88 Å². The quantitative estimate of drug-likeness (QED) is 0.717. The summed E-state index contributed by atoms with van der Waals surface area (Å²) in [6.07, 6.45) is 3.22. The van der Waals surface area contributed by atoms with E-state index in [4.69, 9.17) is 15.6 Å². The van der Waals surface area contributed by atoms with Gasteiger partial charge in [-0.25, -0.2) is 4.98 Å². The van der Waals surface area contributed by atoms with Gasteiger partial charge in [0.15, 0.2) is 0 Å². The van der Waals surface area contributed by atoms with E-state index in [1.807, 2.05) is 0 Å². The maximum absolute atomic E-state index is 8.56. The minimum Gasteiger partial charge on any atom is -0.481 e. The molecule has 4 heteroatoms. The van der Waals surface area contributed by atoms with Crippen molar-refractivity contribution in [2.45, 2.75) is 0 Å². The zero-order valence-electron chi connectivity index (χ0n) is 7.40. The fraction of sp³-hybridized carbons (Fsp3) is 0.222. The molecule has 0 saturated heterocycles. The smallest absolute Gasteiger partial charge is 0.213 e. The molecule has 3 N–H and O–H groups in total. The standard InChI is InChI=1S/C9H12N2O2/c1-13-9-5-4-7(10)8(11-9)3-2-6-12/h2-5,12H,6,10H2,1H3. The van der Waals surface area contributed by atoms with E-state index in [-0.39, 0.29) is 6.61 Å². The number of aromatic nitrogens is 1. The molecule has 0 atom stereocenters. The van der Waals surface area contributed by atoms with E-state index in [1.54, 1.807) is 24.3 Å². The molecule has 0 saturated carbocycles. The molecule has 70 valence electrons. The van der Waals surface area contributed by atoms with Crippen molar-refractivity contribution in [2.24, 2.45) is 0 Å². The Kier molecular flexibility index (Phi) is 3.28. The van der Waals surface area contributed by atoms with Crippen LogP contribution in [0.3, 0.4) is 0 Å². The Morgan fingerprint density at radius 3 is 3.00 bits per heavy atom. The molecule has 0 unspecified atom stereocenters. The lowest BCUT2D eigenvalue weighted by atomic mass is 10.3. The number of aliphatic hydroxyl groups is 1. The van der Waals surface area contributed by atoms with Crippen molar-refractivity contribution in [1.82, 2.24) is 4.98 Å². The van der Waals surface area contributed by atoms with E-state index in [9.17, 15) is 0 Å². The Morgan fingerprint density at radius 2 is 2.38 bits per heavy atom. The number of nitrogens with two attached hydrogens (primary N) is 1. The number of rotatable bonds is 3. The number of ether oxygens (including phenoxy) is 1. The van der Waals surface area contributed by atoms with Crippen LogP contribution in [-0.2, 0) is 0 Å². The van der Waals surface area contributed by atoms with Gasteiger partial charge in [-0.3, -0.25) is 0 Å². The van der Waals surface area contributed by atoms with E-state index in [1.165, 1.54) is 7.11 Å². The number of nitrogen functional groups attached to an aromatic ring is 1. The lowest BCUT2D eigenvalue weighted by Crippen LogP contribution is -1.95. The van der Waals surface area contributed by atoms with E-state index < -0.39 is 0 Å². The largest absolute Gasteiger partial charge is 0.481 e. The molecule has 0 aliphatic carbocycles. The van der Waals surface area contributed by atoms with Crippen molar-refractivity contribution in [2.75, 3.05) is 19.5 Å². The minimum atomic E-state index is -0.0294. The van der Waals surface area contributed by atoms with Gasteiger partial charge in [-0.1, -0.05) is 6.08 Å². The lowest BCUT2D eigenvalue weighted by molar-refractivity contribution is 0.343.